The van der Waals surface area contributed by atoms with Crippen LogP contribution in [-0.4, -0.2) is 29.8 Å². The Hall–Kier alpha value is -1.66. The molecule has 1 aromatic carbocycles. The number of ether oxygens (including phenoxy) is 1. The van der Waals surface area contributed by atoms with Crippen molar-refractivity contribution in [2.45, 2.75) is 32.4 Å². The Bertz CT molecular complexity index is 423. The molecular weight excluding hydrogens is 248 g/mol. The molecule has 1 aromatic rings. The quantitative estimate of drug-likeness (QED) is 0.555. The van der Waals surface area contributed by atoms with E-state index in [1.54, 1.807) is 12.1 Å². The molecule has 0 saturated heterocycles. The molecule has 6 heteroatoms. The van der Waals surface area contributed by atoms with E-state index in [1.165, 1.54) is 13.2 Å². The number of benzene rings is 1. The Morgan fingerprint density at radius 1 is 1.53 bits per heavy atom. The summed E-state index contributed by atoms with van der Waals surface area (Å²) >= 11 is 0. The van der Waals surface area contributed by atoms with Gasteiger partial charge in [-0.15, -0.1) is 0 Å². The summed E-state index contributed by atoms with van der Waals surface area (Å²) in [5, 5.41) is 22.9. The zero-order valence-corrected chi connectivity index (χ0v) is 11.3. The van der Waals surface area contributed by atoms with Gasteiger partial charge in [0.25, 0.3) is 0 Å². The molecule has 0 aromatic heterocycles. The van der Waals surface area contributed by atoms with Crippen molar-refractivity contribution in [2.75, 3.05) is 13.7 Å². The maximum absolute atomic E-state index is 10.9. The van der Waals surface area contributed by atoms with E-state index in [0.29, 0.717) is 6.54 Å². The molecule has 0 amide bonds. The zero-order valence-electron chi connectivity index (χ0n) is 11.3. The van der Waals surface area contributed by atoms with E-state index in [1.807, 2.05) is 6.92 Å². The van der Waals surface area contributed by atoms with E-state index in [-0.39, 0.29) is 24.1 Å². The Balaban J connectivity index is 2.64. The maximum atomic E-state index is 10.9. The van der Waals surface area contributed by atoms with Crippen molar-refractivity contribution in [3.63, 3.8) is 0 Å². The minimum atomic E-state index is -0.447. The van der Waals surface area contributed by atoms with Crippen LogP contribution in [0.1, 0.15) is 25.3 Å². The number of hydrogen-bond acceptors (Lipinski definition) is 5. The lowest BCUT2D eigenvalue weighted by Crippen LogP contribution is -2.25. The number of rotatable bonds is 8. The van der Waals surface area contributed by atoms with Gasteiger partial charge < -0.3 is 15.2 Å². The molecule has 0 fully saturated rings. The number of nitro groups is 1. The maximum Gasteiger partial charge on any atom is 0.311 e. The summed E-state index contributed by atoms with van der Waals surface area (Å²) in [6.07, 6.45) is 1.62. The monoisotopic (exact) mass is 268 g/mol. The van der Waals surface area contributed by atoms with Gasteiger partial charge in [-0.05, 0) is 31.4 Å². The minimum Gasteiger partial charge on any atom is -0.490 e. The topological polar surface area (TPSA) is 84.6 Å². The normalized spacial score (nSPS) is 12.2. The first-order valence-electron chi connectivity index (χ1n) is 6.24. The van der Waals surface area contributed by atoms with E-state index in [2.05, 4.69) is 5.32 Å². The molecule has 106 valence electrons. The summed E-state index contributed by atoms with van der Waals surface area (Å²) < 4.78 is 4.95. The van der Waals surface area contributed by atoms with Crippen LogP contribution in [0.5, 0.6) is 5.75 Å². The van der Waals surface area contributed by atoms with Gasteiger partial charge >= 0.3 is 5.69 Å². The highest BCUT2D eigenvalue weighted by Gasteiger charge is 2.15. The summed E-state index contributed by atoms with van der Waals surface area (Å²) in [4.78, 5) is 10.4. The van der Waals surface area contributed by atoms with Crippen LogP contribution in [-0.2, 0) is 6.54 Å². The molecule has 0 aliphatic heterocycles. The first-order valence-corrected chi connectivity index (χ1v) is 6.24. The summed E-state index contributed by atoms with van der Waals surface area (Å²) in [7, 11) is 1.41. The van der Waals surface area contributed by atoms with Crippen molar-refractivity contribution in [3.8, 4) is 5.75 Å². The average molecular weight is 268 g/mol. The second-order valence-electron chi connectivity index (χ2n) is 4.41. The first kappa shape index (κ1) is 15.4. The Morgan fingerprint density at radius 2 is 2.26 bits per heavy atom. The van der Waals surface area contributed by atoms with Crippen LogP contribution in [0.4, 0.5) is 5.69 Å². The van der Waals surface area contributed by atoms with Crippen molar-refractivity contribution >= 4 is 5.69 Å². The number of nitrogens with one attached hydrogen (secondary N) is 1. The summed E-state index contributed by atoms with van der Waals surface area (Å²) in [5.41, 5.74) is 0.813. The highest BCUT2D eigenvalue weighted by atomic mass is 16.6. The molecular formula is C13H20N2O4. The summed E-state index contributed by atoms with van der Waals surface area (Å²) in [5.74, 6) is 0.266. The van der Waals surface area contributed by atoms with Crippen molar-refractivity contribution in [2.24, 2.45) is 0 Å². The lowest BCUT2D eigenvalue weighted by atomic mass is 10.1. The molecule has 0 heterocycles. The number of nitrogens with zero attached hydrogens (tertiary/aromatic N) is 1. The number of hydrogen-bond donors (Lipinski definition) is 2. The molecule has 0 aliphatic rings. The second kappa shape index (κ2) is 7.70. The molecule has 1 unspecified atom stereocenters. The highest BCUT2D eigenvalue weighted by molar-refractivity contribution is 5.48. The highest BCUT2D eigenvalue weighted by Crippen LogP contribution is 2.27. The van der Waals surface area contributed by atoms with E-state index < -0.39 is 4.92 Å². The molecule has 1 atom stereocenters. The van der Waals surface area contributed by atoms with Crippen molar-refractivity contribution in [1.82, 2.24) is 5.32 Å². The standard InChI is InChI=1S/C13H20N2O4/c1-10(4-3-7-16)14-9-11-5-6-13(19-2)12(8-11)15(17)18/h5-6,8,10,14,16H,3-4,7,9H2,1-2H3. The van der Waals surface area contributed by atoms with Gasteiger partial charge in [0.1, 0.15) is 0 Å². The van der Waals surface area contributed by atoms with Gasteiger partial charge in [-0.1, -0.05) is 6.07 Å². The van der Waals surface area contributed by atoms with Gasteiger partial charge in [0.2, 0.25) is 0 Å². The van der Waals surface area contributed by atoms with E-state index in [4.69, 9.17) is 9.84 Å². The largest absolute Gasteiger partial charge is 0.490 e. The number of aliphatic hydroxyl groups excluding tert-OH is 1. The smallest absolute Gasteiger partial charge is 0.311 e. The number of aliphatic hydroxyl groups is 1. The predicted octanol–water partition coefficient (Wildman–Crippen LogP) is 1.85. The van der Waals surface area contributed by atoms with Gasteiger partial charge in [0.15, 0.2) is 5.75 Å². The van der Waals surface area contributed by atoms with Gasteiger partial charge in [-0.2, -0.15) is 0 Å². The molecule has 0 radical (unpaired) electrons. The fourth-order valence-electron chi connectivity index (χ4n) is 1.78. The van der Waals surface area contributed by atoms with Crippen LogP contribution in [0.25, 0.3) is 0 Å². The van der Waals surface area contributed by atoms with Crippen LogP contribution in [0.2, 0.25) is 0 Å². The fourth-order valence-corrected chi connectivity index (χ4v) is 1.78. The Labute approximate surface area is 112 Å². The SMILES string of the molecule is COc1ccc(CNC(C)CCCO)cc1[N+](=O)[O-]. The molecule has 2 N–H and O–H groups in total. The molecule has 0 aliphatic carbocycles. The third kappa shape index (κ3) is 4.84. The van der Waals surface area contributed by atoms with Gasteiger partial charge in [-0.3, -0.25) is 10.1 Å². The van der Waals surface area contributed by atoms with Gasteiger partial charge in [0, 0.05) is 25.3 Å². The molecule has 6 nitrogen and oxygen atoms in total. The van der Waals surface area contributed by atoms with Crippen LogP contribution in [0.3, 0.4) is 0 Å². The zero-order chi connectivity index (χ0) is 14.3. The molecule has 0 bridgehead atoms. The lowest BCUT2D eigenvalue weighted by molar-refractivity contribution is -0.385. The third-order valence-electron chi connectivity index (χ3n) is 2.89. The first-order chi connectivity index (χ1) is 9.08. The van der Waals surface area contributed by atoms with E-state index in [9.17, 15) is 10.1 Å². The summed E-state index contributed by atoms with van der Waals surface area (Å²) in [6.45, 7) is 2.76. The van der Waals surface area contributed by atoms with Crippen LogP contribution >= 0.6 is 0 Å². The van der Waals surface area contributed by atoms with E-state index >= 15 is 0 Å². The molecule has 1 rings (SSSR count). The molecule has 0 saturated carbocycles. The minimum absolute atomic E-state index is 0.0233. The van der Waals surface area contributed by atoms with Crippen LogP contribution in [0.15, 0.2) is 18.2 Å². The Kier molecular flexibility index (Phi) is 6.24. The van der Waals surface area contributed by atoms with Crippen molar-refractivity contribution < 1.29 is 14.8 Å². The van der Waals surface area contributed by atoms with Gasteiger partial charge in [-0.25, -0.2) is 0 Å². The lowest BCUT2D eigenvalue weighted by Gasteiger charge is -2.13. The fraction of sp³-hybridized carbons (Fsp3) is 0.538. The molecule has 0 spiro atoms. The number of nitro benzene ring substituents is 1. The van der Waals surface area contributed by atoms with Crippen molar-refractivity contribution in [3.05, 3.63) is 33.9 Å². The van der Waals surface area contributed by atoms with Crippen LogP contribution < -0.4 is 10.1 Å². The van der Waals surface area contributed by atoms with Gasteiger partial charge in [0.05, 0.1) is 12.0 Å². The Morgan fingerprint density at radius 3 is 2.84 bits per heavy atom. The molecule has 19 heavy (non-hydrogen) atoms. The van der Waals surface area contributed by atoms with Crippen LogP contribution in [0, 0.1) is 10.1 Å². The summed E-state index contributed by atoms with van der Waals surface area (Å²) in [6, 6.07) is 5.18. The second-order valence-corrected chi connectivity index (χ2v) is 4.41. The third-order valence-corrected chi connectivity index (χ3v) is 2.89. The number of methoxy groups -OCH3 is 1. The predicted molar refractivity (Wildman–Crippen MR) is 72.3 cm³/mol. The van der Waals surface area contributed by atoms with E-state index in [0.717, 1.165) is 18.4 Å². The van der Waals surface area contributed by atoms with Crippen molar-refractivity contribution in [1.29, 1.82) is 0 Å². The average Bonchev–Trinajstić information content (AvgIpc) is 2.42.